The molecule has 4 aromatic rings. The van der Waals surface area contributed by atoms with Crippen LogP contribution in [-0.4, -0.2) is 46.7 Å². The molecule has 0 radical (unpaired) electrons. The number of nitrogens with zero attached hydrogens (tertiary/aromatic N) is 3. The summed E-state index contributed by atoms with van der Waals surface area (Å²) >= 11 is 1.51. The van der Waals surface area contributed by atoms with Crippen LogP contribution >= 0.6 is 11.8 Å². The molecular weight excluding hydrogens is 494 g/mol. The van der Waals surface area contributed by atoms with Gasteiger partial charge in [-0.05, 0) is 66.9 Å². The standard InChI is InChI=1S/C31H29N3O3S/c1-37-24-17-13-22(14-18-24)31-28-12-7-19-32(28)26-10-5-6-11-27(26)34(31)29(35)20-33(23-15-16-23)30(36)21-38-25-8-3-2-4-9-25/h2-14,17-19,23,31H,15-16,20-21H2,1H3. The highest BCUT2D eigenvalue weighted by Gasteiger charge is 2.39. The fraction of sp³-hybridized carbons (Fsp3) is 0.226. The topological polar surface area (TPSA) is 54.8 Å². The minimum atomic E-state index is -0.326. The second-order valence-electron chi connectivity index (χ2n) is 9.59. The fourth-order valence-corrected chi connectivity index (χ4v) is 5.94. The molecule has 2 amide bonds. The second kappa shape index (κ2) is 10.4. The highest BCUT2D eigenvalue weighted by molar-refractivity contribution is 8.00. The van der Waals surface area contributed by atoms with E-state index in [9.17, 15) is 9.59 Å². The van der Waals surface area contributed by atoms with Gasteiger partial charge >= 0.3 is 0 Å². The molecule has 1 aliphatic carbocycles. The lowest BCUT2D eigenvalue weighted by molar-refractivity contribution is -0.133. The molecule has 0 N–H and O–H groups in total. The highest BCUT2D eigenvalue weighted by Crippen LogP contribution is 2.43. The molecule has 1 fully saturated rings. The number of fused-ring (bicyclic) bond motifs is 3. The summed E-state index contributed by atoms with van der Waals surface area (Å²) in [6.45, 7) is 0.0561. The average Bonchev–Trinajstić information content (AvgIpc) is 3.69. The molecule has 7 heteroatoms. The number of hydrogen-bond acceptors (Lipinski definition) is 4. The molecule has 1 aliphatic heterocycles. The van der Waals surface area contributed by atoms with Gasteiger partial charge in [0, 0.05) is 17.1 Å². The Kier molecular flexibility index (Phi) is 6.68. The molecule has 1 aromatic heterocycles. The van der Waals surface area contributed by atoms with Crippen LogP contribution in [0.2, 0.25) is 0 Å². The predicted octanol–water partition coefficient (Wildman–Crippen LogP) is 5.71. The van der Waals surface area contributed by atoms with Gasteiger partial charge in [0.25, 0.3) is 0 Å². The Bertz CT molecular complexity index is 1450. The molecule has 0 bridgehead atoms. The minimum Gasteiger partial charge on any atom is -0.497 e. The molecule has 0 saturated heterocycles. The smallest absolute Gasteiger partial charge is 0.247 e. The number of methoxy groups -OCH3 is 1. The molecule has 1 saturated carbocycles. The molecule has 6 nitrogen and oxygen atoms in total. The summed E-state index contributed by atoms with van der Waals surface area (Å²) in [5.41, 5.74) is 3.78. The van der Waals surface area contributed by atoms with E-state index in [0.29, 0.717) is 5.75 Å². The summed E-state index contributed by atoms with van der Waals surface area (Å²) in [5, 5.41) is 0. The molecule has 1 unspecified atom stereocenters. The van der Waals surface area contributed by atoms with Crippen molar-refractivity contribution in [2.45, 2.75) is 29.8 Å². The number of rotatable bonds is 8. The number of para-hydroxylation sites is 2. The van der Waals surface area contributed by atoms with Gasteiger partial charge in [0.15, 0.2) is 0 Å². The van der Waals surface area contributed by atoms with Gasteiger partial charge in [-0.25, -0.2) is 0 Å². The van der Waals surface area contributed by atoms with Crippen LogP contribution < -0.4 is 9.64 Å². The second-order valence-corrected chi connectivity index (χ2v) is 10.6. The number of hydrogen-bond donors (Lipinski definition) is 0. The average molecular weight is 524 g/mol. The lowest BCUT2D eigenvalue weighted by Crippen LogP contribution is -2.47. The van der Waals surface area contributed by atoms with Gasteiger partial charge in [0.2, 0.25) is 11.8 Å². The van der Waals surface area contributed by atoms with Crippen molar-refractivity contribution in [1.82, 2.24) is 9.47 Å². The van der Waals surface area contributed by atoms with Gasteiger partial charge in [0.05, 0.1) is 29.9 Å². The third-order valence-electron chi connectivity index (χ3n) is 7.14. The Morgan fingerprint density at radius 3 is 2.32 bits per heavy atom. The van der Waals surface area contributed by atoms with Gasteiger partial charge in [0.1, 0.15) is 18.3 Å². The van der Waals surface area contributed by atoms with Crippen molar-refractivity contribution in [3.05, 3.63) is 108 Å². The van der Waals surface area contributed by atoms with Crippen molar-refractivity contribution < 1.29 is 14.3 Å². The zero-order valence-corrected chi connectivity index (χ0v) is 22.0. The van der Waals surface area contributed by atoms with E-state index in [1.54, 1.807) is 12.0 Å². The molecule has 192 valence electrons. The van der Waals surface area contributed by atoms with Gasteiger partial charge < -0.3 is 14.2 Å². The predicted molar refractivity (Wildman–Crippen MR) is 150 cm³/mol. The lowest BCUT2D eigenvalue weighted by atomic mass is 9.97. The van der Waals surface area contributed by atoms with Crippen LogP contribution in [0, 0.1) is 0 Å². The summed E-state index contributed by atoms with van der Waals surface area (Å²) in [6, 6.07) is 29.6. The number of ether oxygens (including phenoxy) is 1. The number of carbonyl (C=O) groups excluding carboxylic acids is 2. The van der Waals surface area contributed by atoms with Crippen LogP contribution in [0.1, 0.15) is 30.1 Å². The maximum absolute atomic E-state index is 14.2. The van der Waals surface area contributed by atoms with Crippen molar-refractivity contribution in [3.8, 4) is 11.4 Å². The van der Waals surface area contributed by atoms with Crippen LogP contribution in [0.25, 0.3) is 5.69 Å². The molecule has 1 atom stereocenters. The molecule has 0 spiro atoms. The monoisotopic (exact) mass is 523 g/mol. The normalized spacial score (nSPS) is 15.9. The summed E-state index contributed by atoms with van der Waals surface area (Å²) in [5.74, 6) is 0.995. The molecule has 2 heterocycles. The van der Waals surface area contributed by atoms with Crippen LogP contribution in [0.5, 0.6) is 5.75 Å². The molecule has 6 rings (SSSR count). The molecule has 2 aliphatic rings. The van der Waals surface area contributed by atoms with E-state index in [2.05, 4.69) is 10.6 Å². The molecule has 3 aromatic carbocycles. The molecular formula is C31H29N3O3S. The highest BCUT2D eigenvalue weighted by atomic mass is 32.2. The lowest BCUT2D eigenvalue weighted by Gasteiger charge is -2.39. The summed E-state index contributed by atoms with van der Waals surface area (Å²) in [4.78, 5) is 32.3. The van der Waals surface area contributed by atoms with E-state index in [1.165, 1.54) is 11.8 Å². The van der Waals surface area contributed by atoms with E-state index >= 15 is 0 Å². The van der Waals surface area contributed by atoms with Crippen molar-refractivity contribution in [2.75, 3.05) is 24.3 Å². The maximum atomic E-state index is 14.2. The third kappa shape index (κ3) is 4.70. The first-order chi connectivity index (χ1) is 18.6. The summed E-state index contributed by atoms with van der Waals surface area (Å²) in [6.07, 6.45) is 3.92. The van der Waals surface area contributed by atoms with E-state index in [0.717, 1.165) is 46.1 Å². The van der Waals surface area contributed by atoms with Gasteiger partial charge in [-0.3, -0.25) is 14.5 Å². The number of anilines is 1. The number of amides is 2. The van der Waals surface area contributed by atoms with Gasteiger partial charge in [-0.1, -0.05) is 42.5 Å². The van der Waals surface area contributed by atoms with Gasteiger partial charge in [-0.2, -0.15) is 0 Å². The van der Waals surface area contributed by atoms with E-state index < -0.39 is 0 Å². The Morgan fingerprint density at radius 1 is 0.895 bits per heavy atom. The van der Waals surface area contributed by atoms with E-state index in [-0.39, 0.29) is 30.4 Å². The zero-order valence-electron chi connectivity index (χ0n) is 21.2. The van der Waals surface area contributed by atoms with Crippen LogP contribution in [-0.2, 0) is 9.59 Å². The largest absolute Gasteiger partial charge is 0.497 e. The minimum absolute atomic E-state index is 0.00405. The zero-order chi connectivity index (χ0) is 26.1. The Balaban J connectivity index is 1.32. The van der Waals surface area contributed by atoms with Gasteiger partial charge in [-0.15, -0.1) is 11.8 Å². The van der Waals surface area contributed by atoms with Crippen molar-refractivity contribution in [3.63, 3.8) is 0 Å². The first-order valence-electron chi connectivity index (χ1n) is 12.8. The van der Waals surface area contributed by atoms with Crippen LogP contribution in [0.3, 0.4) is 0 Å². The van der Waals surface area contributed by atoms with Crippen molar-refractivity contribution in [2.24, 2.45) is 0 Å². The third-order valence-corrected chi connectivity index (χ3v) is 8.14. The van der Waals surface area contributed by atoms with E-state index in [4.69, 9.17) is 4.74 Å². The first kappa shape index (κ1) is 24.4. The SMILES string of the molecule is COc1ccc(C2c3cccn3-c3ccccc3N2C(=O)CN(C(=O)CSc2ccccc2)C2CC2)cc1. The first-order valence-corrected chi connectivity index (χ1v) is 13.8. The Morgan fingerprint density at radius 2 is 1.61 bits per heavy atom. The number of aromatic nitrogens is 1. The maximum Gasteiger partial charge on any atom is 0.247 e. The van der Waals surface area contributed by atoms with Crippen molar-refractivity contribution in [1.29, 1.82) is 0 Å². The number of thioether (sulfide) groups is 1. The van der Waals surface area contributed by atoms with Crippen LogP contribution in [0.15, 0.2) is 102 Å². The number of benzene rings is 3. The number of carbonyl (C=O) groups is 2. The fourth-order valence-electron chi connectivity index (χ4n) is 5.14. The quantitative estimate of drug-likeness (QED) is 0.278. The van der Waals surface area contributed by atoms with E-state index in [1.807, 2.05) is 96.0 Å². The van der Waals surface area contributed by atoms with Crippen LogP contribution in [0.4, 0.5) is 5.69 Å². The Hall–Kier alpha value is -3.97. The Labute approximate surface area is 226 Å². The summed E-state index contributed by atoms with van der Waals surface area (Å²) in [7, 11) is 1.65. The summed E-state index contributed by atoms with van der Waals surface area (Å²) < 4.78 is 7.52. The van der Waals surface area contributed by atoms with Crippen molar-refractivity contribution >= 4 is 29.3 Å². The molecule has 38 heavy (non-hydrogen) atoms.